The van der Waals surface area contributed by atoms with E-state index in [1.807, 2.05) is 0 Å². The first-order chi connectivity index (χ1) is 39.7. The van der Waals surface area contributed by atoms with Gasteiger partial charge in [0.25, 0.3) is 0 Å². The monoisotopic (exact) mass is 1030 g/mol. The van der Waals surface area contributed by atoms with Gasteiger partial charge in [-0.05, 0) is 186 Å². The second-order valence-electron chi connectivity index (χ2n) is 21.8. The number of aromatic nitrogens is 2. The lowest BCUT2D eigenvalue weighted by atomic mass is 9.69. The number of rotatable bonds is 4. The van der Waals surface area contributed by atoms with Crippen LogP contribution in [0.5, 0.6) is 0 Å². The molecule has 2 aliphatic carbocycles. The third kappa shape index (κ3) is 6.02. The van der Waals surface area contributed by atoms with Crippen LogP contribution in [0.2, 0.25) is 0 Å². The maximum absolute atomic E-state index is 5.75. The molecule has 0 amide bonds. The number of thiophene rings is 1. The van der Waals surface area contributed by atoms with Crippen molar-refractivity contribution in [1.29, 1.82) is 0 Å². The summed E-state index contributed by atoms with van der Waals surface area (Å²) in [6.45, 7) is 0. The molecule has 0 radical (unpaired) electrons. The lowest BCUT2D eigenvalue weighted by molar-refractivity contribution is 0.796. The quantitative estimate of drug-likeness (QED) is 0.164. The molecule has 2 heterocycles. The second kappa shape index (κ2) is 16.5. The maximum Gasteiger partial charge on any atom is 0.161 e. The molecule has 0 aliphatic heterocycles. The molecular weight excluding hydrogens is 985 g/mol. The molecule has 0 fully saturated rings. The minimum absolute atomic E-state index is 0.635. The van der Waals surface area contributed by atoms with Gasteiger partial charge in [0.2, 0.25) is 0 Å². The highest BCUT2D eigenvalue weighted by Crippen LogP contribution is 2.65. The number of benzene rings is 14. The fourth-order valence-corrected chi connectivity index (χ4v) is 15.5. The van der Waals surface area contributed by atoms with Crippen molar-refractivity contribution < 1.29 is 0 Å². The molecule has 0 N–H and O–H groups in total. The molecule has 0 saturated carbocycles. The van der Waals surface area contributed by atoms with E-state index in [1.165, 1.54) is 119 Å². The van der Waals surface area contributed by atoms with Crippen LogP contribution in [0.15, 0.2) is 267 Å². The summed E-state index contributed by atoms with van der Waals surface area (Å²) in [4.78, 5) is 12.3. The summed E-state index contributed by atoms with van der Waals surface area (Å²) >= 11 is 1.75. The van der Waals surface area contributed by atoms with Crippen molar-refractivity contribution >= 4 is 96.3 Å². The number of nitrogens with zero attached hydrogens (tertiary/aromatic N) is 2. The molecule has 2 nitrogen and oxygen atoms in total. The third-order valence-corrected chi connectivity index (χ3v) is 18.9. The summed E-state index contributed by atoms with van der Waals surface area (Å²) in [5, 5.41) is 17.6. The minimum atomic E-state index is -0.635. The van der Waals surface area contributed by atoms with Crippen LogP contribution in [0.3, 0.4) is 0 Å². The molecule has 18 rings (SSSR count). The van der Waals surface area contributed by atoms with E-state index >= 15 is 0 Å². The van der Waals surface area contributed by atoms with Gasteiger partial charge >= 0.3 is 0 Å². The first-order valence-electron chi connectivity index (χ1n) is 27.6. The molecule has 80 heavy (non-hydrogen) atoms. The van der Waals surface area contributed by atoms with Crippen molar-refractivity contribution in [3.63, 3.8) is 0 Å². The van der Waals surface area contributed by atoms with Crippen LogP contribution in [0, 0.1) is 0 Å². The van der Waals surface area contributed by atoms with Gasteiger partial charge in [0, 0.05) is 26.6 Å². The topological polar surface area (TPSA) is 25.8 Å². The standard InChI is InChI=1S/C77H44N2S/c1-3-19-45(20-4-1)48-37-49(46-21-5-2-6-22-46)39-50(38-48)74-73-60-32-16-18-34-72(60)80-76(73)79-75(78-74)47-35-36-69-65(40-47)59-31-15-17-33-68(59)77(69)70-43-63-57-29-13-9-25-53(57)51-23-7-11-27-55(51)61(63)41-66(70)67-42-62-56-28-12-8-24-52(56)54-26-10-14-30-58(54)64(62)44-71(67)77/h1-44H. The van der Waals surface area contributed by atoms with Gasteiger partial charge in [-0.3, -0.25) is 0 Å². The number of fused-ring (bicyclic) bond motifs is 25. The Balaban J connectivity index is 0.926. The van der Waals surface area contributed by atoms with Gasteiger partial charge in [0.05, 0.1) is 11.1 Å². The largest absolute Gasteiger partial charge is 0.227 e. The smallest absolute Gasteiger partial charge is 0.161 e. The van der Waals surface area contributed by atoms with Crippen molar-refractivity contribution in [2.24, 2.45) is 0 Å². The summed E-state index contributed by atoms with van der Waals surface area (Å²) in [7, 11) is 0. The molecule has 0 saturated heterocycles. The molecule has 0 unspecified atom stereocenters. The lowest BCUT2D eigenvalue weighted by Crippen LogP contribution is -2.26. The van der Waals surface area contributed by atoms with E-state index in [9.17, 15) is 0 Å². The Morgan fingerprint density at radius 2 is 0.662 bits per heavy atom. The molecule has 0 atom stereocenters. The summed E-state index contributed by atoms with van der Waals surface area (Å²) in [6.07, 6.45) is 0. The van der Waals surface area contributed by atoms with E-state index in [1.54, 1.807) is 11.3 Å². The van der Waals surface area contributed by atoms with Crippen molar-refractivity contribution in [3.8, 4) is 67.2 Å². The molecule has 0 bridgehead atoms. The van der Waals surface area contributed by atoms with Crippen molar-refractivity contribution in [2.45, 2.75) is 5.41 Å². The third-order valence-electron chi connectivity index (χ3n) is 17.8. The van der Waals surface area contributed by atoms with Gasteiger partial charge in [0.1, 0.15) is 4.83 Å². The zero-order chi connectivity index (χ0) is 52.2. The Hall–Kier alpha value is -10.1. The average molecular weight is 1030 g/mol. The van der Waals surface area contributed by atoms with Crippen LogP contribution in [0.4, 0.5) is 0 Å². The molecule has 14 aromatic carbocycles. The second-order valence-corrected chi connectivity index (χ2v) is 22.9. The average Bonchev–Trinajstić information content (AvgIpc) is 3.03. The predicted molar refractivity (Wildman–Crippen MR) is 338 cm³/mol. The van der Waals surface area contributed by atoms with Crippen molar-refractivity contribution in [1.82, 2.24) is 9.97 Å². The minimum Gasteiger partial charge on any atom is -0.227 e. The van der Waals surface area contributed by atoms with Crippen LogP contribution >= 0.6 is 11.3 Å². The maximum atomic E-state index is 5.75. The molecular formula is C77H44N2S. The SMILES string of the molecule is c1ccc(-c2cc(-c3ccccc3)cc(-c3nc(-c4ccc5c(c4)-c4ccccc4C54c5cc6c7ccccc7c7ccccc7c6cc5-c5cc6c7ccccc7c7ccccc7c6cc54)nc4sc5ccccc5c34)c2)cc1. The van der Waals surface area contributed by atoms with E-state index in [4.69, 9.17) is 9.97 Å². The lowest BCUT2D eigenvalue weighted by Gasteiger charge is -2.31. The molecule has 16 aromatic rings. The van der Waals surface area contributed by atoms with E-state index in [0.29, 0.717) is 5.82 Å². The van der Waals surface area contributed by atoms with E-state index in [0.717, 1.165) is 49.3 Å². The Morgan fingerprint density at radius 3 is 1.20 bits per heavy atom. The van der Waals surface area contributed by atoms with E-state index in [-0.39, 0.29) is 0 Å². The number of hydrogen-bond donors (Lipinski definition) is 0. The summed E-state index contributed by atoms with van der Waals surface area (Å²) in [5.41, 5.74) is 17.2. The van der Waals surface area contributed by atoms with Gasteiger partial charge in [-0.25, -0.2) is 9.97 Å². The Morgan fingerprint density at radius 1 is 0.250 bits per heavy atom. The van der Waals surface area contributed by atoms with Crippen LogP contribution in [0.1, 0.15) is 22.3 Å². The Bertz CT molecular complexity index is 5140. The molecule has 3 heteroatoms. The van der Waals surface area contributed by atoms with Crippen LogP contribution < -0.4 is 0 Å². The fraction of sp³-hybridized carbons (Fsp3) is 0.0130. The highest BCUT2D eigenvalue weighted by molar-refractivity contribution is 7.25. The van der Waals surface area contributed by atoms with Crippen LogP contribution in [-0.4, -0.2) is 9.97 Å². The molecule has 368 valence electrons. The van der Waals surface area contributed by atoms with E-state index in [2.05, 4.69) is 267 Å². The zero-order valence-corrected chi connectivity index (χ0v) is 44.0. The van der Waals surface area contributed by atoms with E-state index < -0.39 is 5.41 Å². The normalized spacial score (nSPS) is 13.1. The van der Waals surface area contributed by atoms with Gasteiger partial charge in [-0.2, -0.15) is 0 Å². The summed E-state index contributed by atoms with van der Waals surface area (Å²) in [5.74, 6) is 0.715. The van der Waals surface area contributed by atoms with Crippen molar-refractivity contribution in [3.05, 3.63) is 289 Å². The molecule has 1 spiro atoms. The first-order valence-corrected chi connectivity index (χ1v) is 28.4. The van der Waals surface area contributed by atoms with Crippen LogP contribution in [0.25, 0.3) is 152 Å². The summed E-state index contributed by atoms with van der Waals surface area (Å²) in [6, 6.07) is 99.7. The highest BCUT2D eigenvalue weighted by atomic mass is 32.1. The van der Waals surface area contributed by atoms with Crippen LogP contribution in [-0.2, 0) is 5.41 Å². The zero-order valence-electron chi connectivity index (χ0n) is 43.2. The number of hydrogen-bond acceptors (Lipinski definition) is 3. The fourth-order valence-electron chi connectivity index (χ4n) is 14.4. The first kappa shape index (κ1) is 44.0. The van der Waals surface area contributed by atoms with Crippen molar-refractivity contribution in [2.75, 3.05) is 0 Å². The highest BCUT2D eigenvalue weighted by Gasteiger charge is 2.52. The van der Waals surface area contributed by atoms with Gasteiger partial charge in [-0.15, -0.1) is 11.3 Å². The Kier molecular flexibility index (Phi) is 9.06. The summed E-state index contributed by atoms with van der Waals surface area (Å²) < 4.78 is 1.20. The van der Waals surface area contributed by atoms with Gasteiger partial charge in [0.15, 0.2) is 5.82 Å². The van der Waals surface area contributed by atoms with Gasteiger partial charge < -0.3 is 0 Å². The van der Waals surface area contributed by atoms with Gasteiger partial charge in [-0.1, -0.05) is 212 Å². The Labute approximate surface area is 465 Å². The molecule has 2 aliphatic rings. The molecule has 2 aromatic heterocycles. The predicted octanol–water partition coefficient (Wildman–Crippen LogP) is 20.8.